The molecule has 0 N–H and O–H groups in total. The molecule has 0 aromatic rings. The van der Waals surface area contributed by atoms with Crippen LogP contribution in [-0.2, 0) is 0 Å². The van der Waals surface area contributed by atoms with Gasteiger partial charge in [0, 0.05) is 4.48 Å². The molecule has 0 amide bonds. The number of rotatable bonds is 4. The molecule has 0 bridgehead atoms. The van der Waals surface area contributed by atoms with Gasteiger partial charge in [0.25, 0.3) is 0 Å². The summed E-state index contributed by atoms with van der Waals surface area (Å²) in [5.74, 6) is 0. The van der Waals surface area contributed by atoms with Crippen LogP contribution in [0, 0.1) is 0 Å². The summed E-state index contributed by atoms with van der Waals surface area (Å²) in [5.41, 5.74) is 0. The topological polar surface area (TPSA) is 0 Å². The van der Waals surface area contributed by atoms with Gasteiger partial charge in [0.05, 0.1) is 0 Å². The van der Waals surface area contributed by atoms with E-state index in [0.717, 1.165) is 4.48 Å². The highest BCUT2D eigenvalue weighted by molar-refractivity contribution is 9.11. The van der Waals surface area contributed by atoms with E-state index in [4.69, 9.17) is 0 Å². The summed E-state index contributed by atoms with van der Waals surface area (Å²) in [6, 6.07) is 0. The second-order valence-electron chi connectivity index (χ2n) is 1.81. The zero-order chi connectivity index (χ0) is 8.53. The fourth-order valence-corrected chi connectivity index (χ4v) is 0.584. The molecule has 0 saturated carbocycles. The lowest BCUT2D eigenvalue weighted by molar-refractivity contribution is 1.87. The van der Waals surface area contributed by atoms with Crippen molar-refractivity contribution in [3.63, 3.8) is 0 Å². The van der Waals surface area contributed by atoms with Crippen molar-refractivity contribution in [3.8, 4) is 0 Å². The normalized spacial score (nSPS) is 11.7. The lowest BCUT2D eigenvalue weighted by atomic mass is 10.4. The Balaban J connectivity index is 3.68. The second-order valence-corrected chi connectivity index (χ2v) is 2.83. The molecular formula is C10H11Br. The van der Waals surface area contributed by atoms with E-state index in [1.165, 1.54) is 0 Å². The summed E-state index contributed by atoms with van der Waals surface area (Å²) >= 11 is 3.21. The van der Waals surface area contributed by atoms with Crippen LogP contribution in [0.5, 0.6) is 0 Å². The minimum atomic E-state index is 0.870. The van der Waals surface area contributed by atoms with Gasteiger partial charge in [0.15, 0.2) is 0 Å². The van der Waals surface area contributed by atoms with Crippen molar-refractivity contribution in [1.29, 1.82) is 0 Å². The molecule has 0 heterocycles. The van der Waals surface area contributed by atoms with Crippen LogP contribution in [0.25, 0.3) is 0 Å². The molecule has 0 fully saturated rings. The highest BCUT2D eigenvalue weighted by atomic mass is 79.9. The van der Waals surface area contributed by atoms with E-state index in [0.29, 0.717) is 0 Å². The van der Waals surface area contributed by atoms with Gasteiger partial charge in [-0.3, -0.25) is 0 Å². The molecule has 58 valence electrons. The van der Waals surface area contributed by atoms with Crippen molar-refractivity contribution in [2.24, 2.45) is 0 Å². The van der Waals surface area contributed by atoms with Crippen LogP contribution in [-0.4, -0.2) is 0 Å². The van der Waals surface area contributed by atoms with E-state index in [9.17, 15) is 0 Å². The third-order valence-corrected chi connectivity index (χ3v) is 1.12. The third-order valence-electron chi connectivity index (χ3n) is 0.858. The molecule has 0 aromatic carbocycles. The van der Waals surface area contributed by atoms with Gasteiger partial charge in [-0.05, 0) is 6.08 Å². The Bertz CT molecular complexity index is 207. The predicted molar refractivity (Wildman–Crippen MR) is 55.7 cm³/mol. The SMILES string of the molecule is C=CC=CC=CC=CC(=C)Br. The average Bonchev–Trinajstić information content (AvgIpc) is 1.96. The zero-order valence-electron chi connectivity index (χ0n) is 6.33. The summed E-state index contributed by atoms with van der Waals surface area (Å²) in [4.78, 5) is 0. The van der Waals surface area contributed by atoms with Crippen molar-refractivity contribution in [3.05, 3.63) is 60.2 Å². The lowest BCUT2D eigenvalue weighted by Crippen LogP contribution is -1.53. The smallest absolute Gasteiger partial charge is 0.0103 e. The van der Waals surface area contributed by atoms with Gasteiger partial charge < -0.3 is 0 Å². The standard InChI is InChI=1S/C10H11Br/c1-3-4-5-6-7-8-9-10(2)11/h3-9H,1-2H2. The number of halogens is 1. The second kappa shape index (κ2) is 7.29. The molecule has 0 saturated heterocycles. The first-order valence-electron chi connectivity index (χ1n) is 3.24. The molecule has 0 radical (unpaired) electrons. The van der Waals surface area contributed by atoms with Gasteiger partial charge in [0.1, 0.15) is 0 Å². The first kappa shape index (κ1) is 10.2. The van der Waals surface area contributed by atoms with Gasteiger partial charge in [-0.15, -0.1) is 0 Å². The molecule has 1 heteroatoms. The first-order chi connectivity index (χ1) is 5.27. The quantitative estimate of drug-likeness (QED) is 0.621. The maximum absolute atomic E-state index is 3.65. The summed E-state index contributed by atoms with van der Waals surface area (Å²) < 4.78 is 0.870. The van der Waals surface area contributed by atoms with Crippen molar-refractivity contribution in [2.75, 3.05) is 0 Å². The molecular weight excluding hydrogens is 200 g/mol. The Morgan fingerprint density at radius 2 is 1.55 bits per heavy atom. The van der Waals surface area contributed by atoms with Crippen molar-refractivity contribution < 1.29 is 0 Å². The van der Waals surface area contributed by atoms with E-state index in [-0.39, 0.29) is 0 Å². The van der Waals surface area contributed by atoms with Crippen molar-refractivity contribution in [1.82, 2.24) is 0 Å². The van der Waals surface area contributed by atoms with E-state index < -0.39 is 0 Å². The van der Waals surface area contributed by atoms with E-state index in [1.54, 1.807) is 6.08 Å². The number of hydrogen-bond acceptors (Lipinski definition) is 0. The van der Waals surface area contributed by atoms with E-state index in [2.05, 4.69) is 29.1 Å². The van der Waals surface area contributed by atoms with Gasteiger partial charge >= 0.3 is 0 Å². The number of allylic oxidation sites excluding steroid dienone is 8. The van der Waals surface area contributed by atoms with Crippen LogP contribution >= 0.6 is 15.9 Å². The molecule has 0 nitrogen and oxygen atoms in total. The minimum absolute atomic E-state index is 0.870. The Labute approximate surface area is 76.4 Å². The molecule has 0 unspecified atom stereocenters. The zero-order valence-corrected chi connectivity index (χ0v) is 7.92. The molecule has 0 aliphatic carbocycles. The van der Waals surface area contributed by atoms with Crippen molar-refractivity contribution in [2.45, 2.75) is 0 Å². The van der Waals surface area contributed by atoms with E-state index >= 15 is 0 Å². The van der Waals surface area contributed by atoms with E-state index in [1.807, 2.05) is 36.5 Å². The van der Waals surface area contributed by atoms with Crippen LogP contribution in [0.3, 0.4) is 0 Å². The monoisotopic (exact) mass is 210 g/mol. The molecule has 0 atom stereocenters. The summed E-state index contributed by atoms with van der Waals surface area (Å²) in [6.45, 7) is 7.20. The number of hydrogen-bond donors (Lipinski definition) is 0. The Morgan fingerprint density at radius 3 is 2.09 bits per heavy atom. The fraction of sp³-hybridized carbons (Fsp3) is 0. The molecule has 0 aliphatic heterocycles. The van der Waals surface area contributed by atoms with Gasteiger partial charge in [-0.1, -0.05) is 65.5 Å². The first-order valence-corrected chi connectivity index (χ1v) is 4.03. The third kappa shape index (κ3) is 9.18. The van der Waals surface area contributed by atoms with Gasteiger partial charge in [-0.25, -0.2) is 0 Å². The van der Waals surface area contributed by atoms with Crippen LogP contribution in [0.4, 0.5) is 0 Å². The summed E-state index contributed by atoms with van der Waals surface area (Å²) in [6.07, 6.45) is 13.1. The summed E-state index contributed by atoms with van der Waals surface area (Å²) in [7, 11) is 0. The molecule has 0 rings (SSSR count). The Hall–Kier alpha value is -0.820. The molecule has 0 spiro atoms. The maximum atomic E-state index is 3.65. The van der Waals surface area contributed by atoms with Crippen molar-refractivity contribution >= 4 is 15.9 Å². The van der Waals surface area contributed by atoms with Crippen LogP contribution in [0.1, 0.15) is 0 Å². The highest BCUT2D eigenvalue weighted by Gasteiger charge is 1.70. The molecule has 0 aliphatic rings. The maximum Gasteiger partial charge on any atom is 0.0103 e. The average molecular weight is 211 g/mol. The summed E-state index contributed by atoms with van der Waals surface area (Å²) in [5, 5.41) is 0. The van der Waals surface area contributed by atoms with Crippen LogP contribution < -0.4 is 0 Å². The Kier molecular flexibility index (Phi) is 6.75. The minimum Gasteiger partial charge on any atom is -0.0991 e. The lowest BCUT2D eigenvalue weighted by Gasteiger charge is -1.77. The fourth-order valence-electron chi connectivity index (χ4n) is 0.431. The molecule has 0 aromatic heterocycles. The van der Waals surface area contributed by atoms with Crippen LogP contribution in [0.15, 0.2) is 60.2 Å². The molecule has 11 heavy (non-hydrogen) atoms. The highest BCUT2D eigenvalue weighted by Crippen LogP contribution is 2.01. The van der Waals surface area contributed by atoms with Gasteiger partial charge in [0.2, 0.25) is 0 Å². The Morgan fingerprint density at radius 1 is 1.00 bits per heavy atom. The largest absolute Gasteiger partial charge is 0.0991 e. The van der Waals surface area contributed by atoms with Gasteiger partial charge in [-0.2, -0.15) is 0 Å². The predicted octanol–water partition coefficient (Wildman–Crippen LogP) is 3.75. The van der Waals surface area contributed by atoms with Crippen LogP contribution in [0.2, 0.25) is 0 Å².